The molecule has 3 fully saturated rings. The van der Waals surface area contributed by atoms with Crippen molar-refractivity contribution in [3.8, 4) is 6.07 Å². The molecular formula is C20H25N5O. The summed E-state index contributed by atoms with van der Waals surface area (Å²) in [6.07, 6.45) is 7.68. The Morgan fingerprint density at radius 3 is 2.85 bits per heavy atom. The number of morpholine rings is 1. The van der Waals surface area contributed by atoms with Gasteiger partial charge >= 0.3 is 0 Å². The van der Waals surface area contributed by atoms with Crippen LogP contribution in [0.5, 0.6) is 0 Å². The summed E-state index contributed by atoms with van der Waals surface area (Å²) in [6.45, 7) is 6.17. The van der Waals surface area contributed by atoms with Crippen LogP contribution in [-0.2, 0) is 4.74 Å². The van der Waals surface area contributed by atoms with Gasteiger partial charge in [0, 0.05) is 31.7 Å². The number of nitriles is 1. The standard InChI is InChI=1S/C20H25N5O/c1-15-12-23(18-4-3-16(11-21)25-19(18)5-9-22-25)13-17(26-15)14-24-10-8-20(24)6-2-7-20/h3-5,9,15,17H,2,6-8,10,12-14H2,1H3/t15-,17-/m1/s1. The molecule has 2 aromatic rings. The van der Waals surface area contributed by atoms with Gasteiger partial charge in [-0.2, -0.15) is 10.4 Å². The zero-order chi connectivity index (χ0) is 17.7. The highest BCUT2D eigenvalue weighted by Crippen LogP contribution is 2.47. The van der Waals surface area contributed by atoms with Gasteiger partial charge in [-0.15, -0.1) is 0 Å². The van der Waals surface area contributed by atoms with E-state index in [0.29, 0.717) is 11.2 Å². The van der Waals surface area contributed by atoms with Crippen molar-refractivity contribution < 1.29 is 4.74 Å². The van der Waals surface area contributed by atoms with Crippen molar-refractivity contribution in [1.82, 2.24) is 14.5 Å². The molecule has 6 nitrogen and oxygen atoms in total. The molecule has 1 saturated carbocycles. The molecule has 0 unspecified atom stereocenters. The van der Waals surface area contributed by atoms with E-state index in [1.807, 2.05) is 12.1 Å². The molecule has 0 aromatic carbocycles. The first-order chi connectivity index (χ1) is 12.7. The number of fused-ring (bicyclic) bond motifs is 1. The Hall–Kier alpha value is -2.10. The van der Waals surface area contributed by atoms with Crippen molar-refractivity contribution in [2.75, 3.05) is 31.1 Å². The van der Waals surface area contributed by atoms with E-state index in [1.54, 1.807) is 10.7 Å². The number of nitrogens with zero attached hydrogens (tertiary/aromatic N) is 5. The van der Waals surface area contributed by atoms with Gasteiger partial charge in [-0.05, 0) is 50.8 Å². The topological polar surface area (TPSA) is 56.8 Å². The minimum absolute atomic E-state index is 0.200. The molecule has 5 rings (SSSR count). The number of ether oxygens (including phenoxy) is 1. The van der Waals surface area contributed by atoms with Gasteiger partial charge in [0.15, 0.2) is 0 Å². The third kappa shape index (κ3) is 2.42. The number of pyridine rings is 1. The van der Waals surface area contributed by atoms with E-state index >= 15 is 0 Å². The van der Waals surface area contributed by atoms with Crippen LogP contribution in [0.15, 0.2) is 24.4 Å². The number of hydrogen-bond acceptors (Lipinski definition) is 5. The molecule has 3 aliphatic rings. The van der Waals surface area contributed by atoms with Crippen LogP contribution < -0.4 is 4.90 Å². The van der Waals surface area contributed by atoms with Crippen LogP contribution >= 0.6 is 0 Å². The van der Waals surface area contributed by atoms with Crippen molar-refractivity contribution in [3.63, 3.8) is 0 Å². The predicted molar refractivity (Wildman–Crippen MR) is 99.2 cm³/mol. The molecule has 26 heavy (non-hydrogen) atoms. The van der Waals surface area contributed by atoms with Crippen LogP contribution in [0.4, 0.5) is 5.69 Å². The Bertz CT molecular complexity index is 859. The second-order valence-electron chi connectivity index (χ2n) is 8.09. The van der Waals surface area contributed by atoms with Crippen molar-refractivity contribution in [3.05, 3.63) is 30.1 Å². The van der Waals surface area contributed by atoms with Crippen molar-refractivity contribution in [2.45, 2.75) is 50.4 Å². The van der Waals surface area contributed by atoms with Crippen LogP contribution in [0.1, 0.15) is 38.3 Å². The molecule has 2 aliphatic heterocycles. The van der Waals surface area contributed by atoms with Gasteiger partial charge in [0.25, 0.3) is 0 Å². The highest BCUT2D eigenvalue weighted by atomic mass is 16.5. The number of aromatic nitrogens is 2. The first kappa shape index (κ1) is 16.1. The maximum Gasteiger partial charge on any atom is 0.142 e. The first-order valence-corrected chi connectivity index (χ1v) is 9.71. The summed E-state index contributed by atoms with van der Waals surface area (Å²) in [6, 6.07) is 8.13. The smallest absolute Gasteiger partial charge is 0.142 e. The van der Waals surface area contributed by atoms with Crippen molar-refractivity contribution in [1.29, 1.82) is 5.26 Å². The van der Waals surface area contributed by atoms with E-state index in [2.05, 4.69) is 34.0 Å². The SMILES string of the molecule is C[C@@H]1CN(c2ccc(C#N)n3nccc23)C[C@H](CN2CCC23CCC3)O1. The fraction of sp³-hybridized carbons (Fsp3) is 0.600. The second-order valence-corrected chi connectivity index (χ2v) is 8.09. The summed E-state index contributed by atoms with van der Waals surface area (Å²) in [7, 11) is 0. The minimum atomic E-state index is 0.200. The van der Waals surface area contributed by atoms with Gasteiger partial charge in [-0.25, -0.2) is 4.52 Å². The summed E-state index contributed by atoms with van der Waals surface area (Å²) in [5, 5.41) is 13.6. The van der Waals surface area contributed by atoms with E-state index in [9.17, 15) is 5.26 Å². The molecule has 4 heterocycles. The molecule has 2 aromatic heterocycles. The molecule has 1 spiro atoms. The third-order valence-electron chi connectivity index (χ3n) is 6.54. The Balaban J connectivity index is 1.38. The lowest BCUT2D eigenvalue weighted by Gasteiger charge is -2.60. The molecule has 0 N–H and O–H groups in total. The van der Waals surface area contributed by atoms with E-state index in [1.165, 1.54) is 32.2 Å². The molecule has 2 atom stereocenters. The van der Waals surface area contributed by atoms with Gasteiger partial charge in [0.05, 0.1) is 29.6 Å². The molecule has 6 heteroatoms. The minimum Gasteiger partial charge on any atom is -0.370 e. The number of anilines is 1. The van der Waals surface area contributed by atoms with Crippen LogP contribution in [0.25, 0.3) is 5.52 Å². The lowest BCUT2D eigenvalue weighted by molar-refractivity contribution is -0.114. The van der Waals surface area contributed by atoms with Crippen LogP contribution in [0.3, 0.4) is 0 Å². The number of likely N-dealkylation sites (tertiary alicyclic amines) is 1. The fourth-order valence-corrected chi connectivity index (χ4v) is 4.97. The summed E-state index contributed by atoms with van der Waals surface area (Å²) < 4.78 is 8.03. The third-order valence-corrected chi connectivity index (χ3v) is 6.54. The molecule has 136 valence electrons. The molecule has 1 aliphatic carbocycles. The number of hydrogen-bond donors (Lipinski definition) is 0. The monoisotopic (exact) mass is 351 g/mol. The maximum atomic E-state index is 9.30. The first-order valence-electron chi connectivity index (χ1n) is 9.71. The zero-order valence-electron chi connectivity index (χ0n) is 15.3. The zero-order valence-corrected chi connectivity index (χ0v) is 15.3. The summed E-state index contributed by atoms with van der Waals surface area (Å²) in [5.74, 6) is 0. The molecule has 0 radical (unpaired) electrons. The predicted octanol–water partition coefficient (Wildman–Crippen LogP) is 2.43. The van der Waals surface area contributed by atoms with Gasteiger partial charge in [-0.1, -0.05) is 0 Å². The average Bonchev–Trinajstić information content (AvgIpc) is 3.06. The maximum absolute atomic E-state index is 9.30. The van der Waals surface area contributed by atoms with Crippen LogP contribution in [0, 0.1) is 11.3 Å². The summed E-state index contributed by atoms with van der Waals surface area (Å²) in [5.41, 5.74) is 3.22. The van der Waals surface area contributed by atoms with Crippen molar-refractivity contribution in [2.24, 2.45) is 0 Å². The van der Waals surface area contributed by atoms with E-state index < -0.39 is 0 Å². The molecule has 0 amide bonds. The summed E-state index contributed by atoms with van der Waals surface area (Å²) in [4.78, 5) is 5.06. The molecule has 0 bridgehead atoms. The van der Waals surface area contributed by atoms with Gasteiger partial charge < -0.3 is 9.64 Å². The largest absolute Gasteiger partial charge is 0.370 e. The van der Waals surface area contributed by atoms with Gasteiger partial charge in [-0.3, -0.25) is 4.90 Å². The molecule has 2 saturated heterocycles. The highest BCUT2D eigenvalue weighted by Gasteiger charge is 2.49. The summed E-state index contributed by atoms with van der Waals surface area (Å²) >= 11 is 0. The van der Waals surface area contributed by atoms with E-state index in [4.69, 9.17) is 4.74 Å². The van der Waals surface area contributed by atoms with Crippen LogP contribution in [0.2, 0.25) is 0 Å². The van der Waals surface area contributed by atoms with Crippen LogP contribution in [-0.4, -0.2) is 58.4 Å². The molecular weight excluding hydrogens is 326 g/mol. The Morgan fingerprint density at radius 2 is 2.15 bits per heavy atom. The fourth-order valence-electron chi connectivity index (χ4n) is 4.97. The van der Waals surface area contributed by atoms with E-state index in [-0.39, 0.29) is 12.2 Å². The average molecular weight is 351 g/mol. The highest BCUT2D eigenvalue weighted by molar-refractivity contribution is 5.74. The lowest BCUT2D eigenvalue weighted by Crippen LogP contribution is -2.66. The quantitative estimate of drug-likeness (QED) is 0.850. The normalized spacial score (nSPS) is 27.9. The van der Waals surface area contributed by atoms with E-state index in [0.717, 1.165) is 30.8 Å². The Kier molecular flexibility index (Phi) is 3.70. The number of rotatable bonds is 3. The van der Waals surface area contributed by atoms with Gasteiger partial charge in [0.1, 0.15) is 11.8 Å². The lowest BCUT2D eigenvalue weighted by atomic mass is 9.68. The Labute approximate surface area is 153 Å². The van der Waals surface area contributed by atoms with Crippen molar-refractivity contribution >= 4 is 11.2 Å². The van der Waals surface area contributed by atoms with Gasteiger partial charge in [0.2, 0.25) is 0 Å². The Morgan fingerprint density at radius 1 is 1.27 bits per heavy atom. The second kappa shape index (κ2) is 5.97.